The van der Waals surface area contributed by atoms with Crippen LogP contribution < -0.4 is 5.56 Å². The van der Waals surface area contributed by atoms with Crippen LogP contribution in [0.25, 0.3) is 0 Å². The molecule has 1 unspecified atom stereocenters. The van der Waals surface area contributed by atoms with Crippen molar-refractivity contribution in [1.29, 1.82) is 0 Å². The van der Waals surface area contributed by atoms with Crippen molar-refractivity contribution >= 4 is 5.91 Å². The van der Waals surface area contributed by atoms with Crippen LogP contribution in [0.4, 0.5) is 0 Å². The van der Waals surface area contributed by atoms with Crippen LogP contribution in [0.15, 0.2) is 17.1 Å². The van der Waals surface area contributed by atoms with Gasteiger partial charge < -0.3 is 14.6 Å². The molecule has 0 spiro atoms. The van der Waals surface area contributed by atoms with Gasteiger partial charge in [-0.2, -0.15) is 5.10 Å². The maximum atomic E-state index is 12.6. The molecular weight excluding hydrogens is 322 g/mol. The average molecular weight is 345 g/mol. The first-order chi connectivity index (χ1) is 11.9. The molecule has 134 valence electrons. The molecule has 0 aliphatic carbocycles. The fraction of sp³-hybridized carbons (Fsp3) is 0.529. The molecule has 1 atom stereocenters. The highest BCUT2D eigenvalue weighted by Crippen LogP contribution is 2.20. The maximum absolute atomic E-state index is 12.6. The Balaban J connectivity index is 1.63. The lowest BCUT2D eigenvalue weighted by molar-refractivity contribution is -0.139. The van der Waals surface area contributed by atoms with Crippen molar-refractivity contribution < 1.29 is 9.53 Å². The minimum Gasteiger partial charge on any atom is -0.368 e. The lowest BCUT2D eigenvalue weighted by Gasteiger charge is -2.32. The molecule has 0 saturated carbocycles. The number of aromatic amines is 1. The van der Waals surface area contributed by atoms with Crippen molar-refractivity contribution in [2.45, 2.75) is 32.8 Å². The molecule has 0 bridgehead atoms. The van der Waals surface area contributed by atoms with Crippen LogP contribution in [0.2, 0.25) is 0 Å². The molecule has 2 aromatic rings. The van der Waals surface area contributed by atoms with Gasteiger partial charge in [0.25, 0.3) is 5.56 Å². The van der Waals surface area contributed by atoms with Gasteiger partial charge in [0.2, 0.25) is 5.91 Å². The zero-order valence-corrected chi connectivity index (χ0v) is 14.8. The Hall–Kier alpha value is -2.48. The Labute approximate surface area is 145 Å². The molecule has 25 heavy (non-hydrogen) atoms. The number of morpholine rings is 1. The number of hydrogen-bond acceptors (Lipinski definition) is 5. The number of nitrogens with one attached hydrogen (secondary N) is 1. The van der Waals surface area contributed by atoms with Gasteiger partial charge in [-0.15, -0.1) is 0 Å². The van der Waals surface area contributed by atoms with Crippen molar-refractivity contribution in [2.24, 2.45) is 7.05 Å². The highest BCUT2D eigenvalue weighted by molar-refractivity contribution is 5.76. The van der Waals surface area contributed by atoms with Gasteiger partial charge in [-0.25, -0.2) is 4.98 Å². The molecule has 1 amide bonds. The summed E-state index contributed by atoms with van der Waals surface area (Å²) in [6, 6.07) is 1.44. The van der Waals surface area contributed by atoms with Crippen molar-refractivity contribution in [3.63, 3.8) is 0 Å². The van der Waals surface area contributed by atoms with Crippen molar-refractivity contribution in [2.75, 3.05) is 19.7 Å². The van der Waals surface area contributed by atoms with E-state index in [9.17, 15) is 9.59 Å². The molecule has 3 heterocycles. The molecule has 2 aromatic heterocycles. The summed E-state index contributed by atoms with van der Waals surface area (Å²) in [6.07, 6.45) is 2.55. The molecule has 8 heteroatoms. The standard InChI is InChI=1S/C17H23N5O3/c1-11-13(9-18-21(11)3)4-5-17(24)22-6-7-25-15(10-22)14-8-16(23)20-12(2)19-14/h8-9,15H,4-7,10H2,1-3H3,(H,19,20,23). The zero-order chi connectivity index (χ0) is 18.0. The second-order valence-electron chi connectivity index (χ2n) is 6.33. The van der Waals surface area contributed by atoms with Gasteiger partial charge in [-0.3, -0.25) is 14.3 Å². The van der Waals surface area contributed by atoms with E-state index in [0.717, 1.165) is 11.3 Å². The number of aryl methyl sites for hydroxylation is 3. The van der Waals surface area contributed by atoms with Crippen molar-refractivity contribution in [3.8, 4) is 0 Å². The number of amides is 1. The van der Waals surface area contributed by atoms with E-state index in [-0.39, 0.29) is 17.6 Å². The van der Waals surface area contributed by atoms with E-state index >= 15 is 0 Å². The Morgan fingerprint density at radius 1 is 1.44 bits per heavy atom. The third-order valence-corrected chi connectivity index (χ3v) is 4.57. The summed E-state index contributed by atoms with van der Waals surface area (Å²) in [5.41, 5.74) is 2.53. The van der Waals surface area contributed by atoms with E-state index in [4.69, 9.17) is 4.74 Å². The average Bonchev–Trinajstić information content (AvgIpc) is 2.91. The van der Waals surface area contributed by atoms with Crippen LogP contribution in [0.1, 0.15) is 35.3 Å². The molecule has 0 radical (unpaired) electrons. The number of hydrogen-bond donors (Lipinski definition) is 1. The number of nitrogens with zero attached hydrogens (tertiary/aromatic N) is 4. The summed E-state index contributed by atoms with van der Waals surface area (Å²) in [6.45, 7) is 5.14. The second-order valence-corrected chi connectivity index (χ2v) is 6.33. The molecule has 0 aromatic carbocycles. The van der Waals surface area contributed by atoms with Crippen LogP contribution in [0.5, 0.6) is 0 Å². The minimum atomic E-state index is -0.362. The van der Waals surface area contributed by atoms with Gasteiger partial charge in [0.1, 0.15) is 11.9 Å². The molecular formula is C17H23N5O3. The van der Waals surface area contributed by atoms with E-state index in [1.165, 1.54) is 6.07 Å². The number of H-pyrrole nitrogens is 1. The fourth-order valence-electron chi connectivity index (χ4n) is 3.01. The van der Waals surface area contributed by atoms with Crippen LogP contribution >= 0.6 is 0 Å². The number of aromatic nitrogens is 4. The van der Waals surface area contributed by atoms with E-state index in [2.05, 4.69) is 15.1 Å². The Morgan fingerprint density at radius 3 is 2.92 bits per heavy atom. The fourth-order valence-corrected chi connectivity index (χ4v) is 3.01. The molecule has 1 saturated heterocycles. The van der Waals surface area contributed by atoms with Gasteiger partial charge in [-0.1, -0.05) is 0 Å². The summed E-state index contributed by atoms with van der Waals surface area (Å²) in [4.78, 5) is 32.9. The number of carbonyl (C=O) groups is 1. The van der Waals surface area contributed by atoms with Gasteiger partial charge in [0.15, 0.2) is 0 Å². The first kappa shape index (κ1) is 17.3. The molecule has 1 aliphatic rings. The molecule has 1 fully saturated rings. The summed E-state index contributed by atoms with van der Waals surface area (Å²) >= 11 is 0. The number of rotatable bonds is 4. The van der Waals surface area contributed by atoms with Gasteiger partial charge >= 0.3 is 0 Å². The lowest BCUT2D eigenvalue weighted by atomic mass is 10.1. The van der Waals surface area contributed by atoms with Crippen LogP contribution in [0.3, 0.4) is 0 Å². The van der Waals surface area contributed by atoms with Crippen molar-refractivity contribution in [3.05, 3.63) is 45.4 Å². The molecule has 8 nitrogen and oxygen atoms in total. The van der Waals surface area contributed by atoms with E-state index < -0.39 is 0 Å². The highest BCUT2D eigenvalue weighted by Gasteiger charge is 2.26. The van der Waals surface area contributed by atoms with E-state index in [1.54, 1.807) is 11.8 Å². The lowest BCUT2D eigenvalue weighted by Crippen LogP contribution is -2.42. The second kappa shape index (κ2) is 7.18. The Morgan fingerprint density at radius 2 is 2.24 bits per heavy atom. The van der Waals surface area contributed by atoms with Crippen LogP contribution in [-0.4, -0.2) is 50.3 Å². The smallest absolute Gasteiger partial charge is 0.251 e. The molecule has 1 N–H and O–H groups in total. The van der Waals surface area contributed by atoms with E-state index in [1.807, 2.05) is 24.9 Å². The van der Waals surface area contributed by atoms with Gasteiger partial charge in [0, 0.05) is 31.8 Å². The molecule has 3 rings (SSSR count). The third kappa shape index (κ3) is 3.96. The number of ether oxygens (including phenoxy) is 1. The monoisotopic (exact) mass is 345 g/mol. The summed E-state index contributed by atoms with van der Waals surface area (Å²) in [5, 5.41) is 4.21. The van der Waals surface area contributed by atoms with Crippen LogP contribution in [-0.2, 0) is 23.0 Å². The predicted octanol–water partition coefficient (Wildman–Crippen LogP) is 0.653. The summed E-state index contributed by atoms with van der Waals surface area (Å²) < 4.78 is 7.53. The first-order valence-corrected chi connectivity index (χ1v) is 8.38. The number of carbonyl (C=O) groups excluding carboxylic acids is 1. The molecule has 1 aliphatic heterocycles. The topological polar surface area (TPSA) is 93.1 Å². The van der Waals surface area contributed by atoms with E-state index in [0.29, 0.717) is 44.1 Å². The summed E-state index contributed by atoms with van der Waals surface area (Å²) in [5.74, 6) is 0.625. The predicted molar refractivity (Wildman–Crippen MR) is 91.1 cm³/mol. The zero-order valence-electron chi connectivity index (χ0n) is 14.8. The highest BCUT2D eigenvalue weighted by atomic mass is 16.5. The SMILES string of the molecule is Cc1nc(C2CN(C(=O)CCc3cnn(C)c3C)CCO2)cc(=O)[nH]1. The quantitative estimate of drug-likeness (QED) is 0.878. The normalized spacial score (nSPS) is 17.7. The van der Waals surface area contributed by atoms with Crippen molar-refractivity contribution in [1.82, 2.24) is 24.6 Å². The van der Waals surface area contributed by atoms with Crippen LogP contribution in [0, 0.1) is 13.8 Å². The Bertz CT molecular complexity index is 826. The largest absolute Gasteiger partial charge is 0.368 e. The first-order valence-electron chi connectivity index (χ1n) is 8.38. The minimum absolute atomic E-state index is 0.0816. The van der Waals surface area contributed by atoms with Gasteiger partial charge in [-0.05, 0) is 25.8 Å². The summed E-state index contributed by atoms with van der Waals surface area (Å²) in [7, 11) is 1.89. The maximum Gasteiger partial charge on any atom is 0.251 e. The Kier molecular flexibility index (Phi) is 4.98. The third-order valence-electron chi connectivity index (χ3n) is 4.57. The van der Waals surface area contributed by atoms with Gasteiger partial charge in [0.05, 0.1) is 25.0 Å².